The molecule has 1 aromatic rings. The van der Waals surface area contributed by atoms with Gasteiger partial charge in [0.15, 0.2) is 0 Å². The molecule has 1 N–H and O–H groups in total. The Labute approximate surface area is 96.8 Å². The lowest BCUT2D eigenvalue weighted by Crippen LogP contribution is -2.12. The summed E-state index contributed by atoms with van der Waals surface area (Å²) in [4.78, 5) is 4.24. The van der Waals surface area contributed by atoms with Crippen molar-refractivity contribution in [1.29, 1.82) is 0 Å². The quantitative estimate of drug-likeness (QED) is 0.647. The van der Waals surface area contributed by atoms with Gasteiger partial charge in [0.2, 0.25) is 5.95 Å². The van der Waals surface area contributed by atoms with Gasteiger partial charge in [-0.2, -0.15) is 0 Å². The molecule has 0 fully saturated rings. The molecule has 1 aromatic heterocycles. The van der Waals surface area contributed by atoms with Crippen molar-refractivity contribution in [2.75, 3.05) is 38.8 Å². The van der Waals surface area contributed by atoms with Crippen LogP contribution in [0.15, 0.2) is 12.4 Å². The fraction of sp³-hybridized carbons (Fsp3) is 0.727. The summed E-state index contributed by atoms with van der Waals surface area (Å²) >= 11 is 0. The molecule has 0 saturated heterocycles. The summed E-state index contributed by atoms with van der Waals surface area (Å²) in [6.45, 7) is 5.98. The number of hydrogen-bond acceptors (Lipinski definition) is 4. The van der Waals surface area contributed by atoms with Crippen LogP contribution in [0.4, 0.5) is 5.95 Å². The minimum Gasteiger partial charge on any atom is -0.383 e. The molecule has 0 saturated carbocycles. The van der Waals surface area contributed by atoms with Crippen molar-refractivity contribution in [3.63, 3.8) is 0 Å². The molecule has 0 radical (unpaired) electrons. The van der Waals surface area contributed by atoms with Crippen molar-refractivity contribution in [1.82, 2.24) is 9.55 Å². The van der Waals surface area contributed by atoms with Gasteiger partial charge < -0.3 is 19.4 Å². The average molecular weight is 227 g/mol. The minimum absolute atomic E-state index is 0.698. The van der Waals surface area contributed by atoms with Crippen LogP contribution in [0.1, 0.15) is 13.3 Å². The third kappa shape index (κ3) is 4.63. The molecule has 1 rings (SSSR count). The molecule has 5 nitrogen and oxygen atoms in total. The molecule has 0 bridgehead atoms. The summed E-state index contributed by atoms with van der Waals surface area (Å²) in [5.74, 6) is 0.897. The Morgan fingerprint density at radius 2 is 2.31 bits per heavy atom. The molecule has 5 heteroatoms. The van der Waals surface area contributed by atoms with E-state index < -0.39 is 0 Å². The Bertz CT molecular complexity index is 276. The monoisotopic (exact) mass is 227 g/mol. The number of hydrogen-bond donors (Lipinski definition) is 1. The Balaban J connectivity index is 2.22. The zero-order chi connectivity index (χ0) is 11.6. The molecule has 0 amide bonds. The van der Waals surface area contributed by atoms with Crippen LogP contribution < -0.4 is 5.32 Å². The number of nitrogens with one attached hydrogen (secondary N) is 1. The van der Waals surface area contributed by atoms with Crippen LogP contribution in [0.3, 0.4) is 0 Å². The molecule has 92 valence electrons. The SMILES string of the molecule is CCOCCCNc1nccn1CCOC. The highest BCUT2D eigenvalue weighted by Crippen LogP contribution is 2.03. The number of methoxy groups -OCH3 is 1. The smallest absolute Gasteiger partial charge is 0.202 e. The number of imidazole rings is 1. The fourth-order valence-corrected chi connectivity index (χ4v) is 1.37. The van der Waals surface area contributed by atoms with Gasteiger partial charge in [-0.25, -0.2) is 4.98 Å². The third-order valence-corrected chi connectivity index (χ3v) is 2.20. The lowest BCUT2D eigenvalue weighted by atomic mass is 10.4. The van der Waals surface area contributed by atoms with Crippen LogP contribution >= 0.6 is 0 Å². The third-order valence-electron chi connectivity index (χ3n) is 2.20. The largest absolute Gasteiger partial charge is 0.383 e. The van der Waals surface area contributed by atoms with Crippen LogP contribution in [0.5, 0.6) is 0 Å². The van der Waals surface area contributed by atoms with Gasteiger partial charge in [-0.1, -0.05) is 0 Å². The second-order valence-electron chi connectivity index (χ2n) is 3.41. The molecule has 16 heavy (non-hydrogen) atoms. The Morgan fingerprint density at radius 3 is 3.06 bits per heavy atom. The maximum atomic E-state index is 5.26. The normalized spacial score (nSPS) is 10.6. The van der Waals surface area contributed by atoms with E-state index in [9.17, 15) is 0 Å². The molecule has 0 aliphatic carbocycles. The van der Waals surface area contributed by atoms with E-state index in [2.05, 4.69) is 10.3 Å². The van der Waals surface area contributed by atoms with E-state index in [-0.39, 0.29) is 0 Å². The van der Waals surface area contributed by atoms with Crippen molar-refractivity contribution in [2.24, 2.45) is 0 Å². The predicted molar refractivity (Wildman–Crippen MR) is 63.7 cm³/mol. The van der Waals surface area contributed by atoms with E-state index >= 15 is 0 Å². The van der Waals surface area contributed by atoms with Gasteiger partial charge in [-0.3, -0.25) is 0 Å². The van der Waals surface area contributed by atoms with Crippen molar-refractivity contribution in [3.05, 3.63) is 12.4 Å². The summed E-state index contributed by atoms with van der Waals surface area (Å²) in [6, 6.07) is 0. The maximum absolute atomic E-state index is 5.26. The summed E-state index contributed by atoms with van der Waals surface area (Å²) in [6.07, 6.45) is 4.73. The molecule has 0 aliphatic heterocycles. The summed E-state index contributed by atoms with van der Waals surface area (Å²) in [5, 5.41) is 3.28. The summed E-state index contributed by atoms with van der Waals surface area (Å²) < 4.78 is 12.3. The van der Waals surface area contributed by atoms with Gasteiger partial charge in [0, 0.05) is 45.8 Å². The minimum atomic E-state index is 0.698. The van der Waals surface area contributed by atoms with E-state index in [4.69, 9.17) is 9.47 Å². The van der Waals surface area contributed by atoms with E-state index in [0.717, 1.165) is 38.7 Å². The van der Waals surface area contributed by atoms with Gasteiger partial charge in [0.1, 0.15) is 0 Å². The number of ether oxygens (including phenoxy) is 2. The van der Waals surface area contributed by atoms with E-state index in [1.54, 1.807) is 13.3 Å². The van der Waals surface area contributed by atoms with Crippen LogP contribution in [0.2, 0.25) is 0 Å². The molecule has 0 aliphatic rings. The lowest BCUT2D eigenvalue weighted by molar-refractivity contribution is 0.147. The molecular formula is C11H21N3O2. The first-order chi connectivity index (χ1) is 7.88. The molecule has 0 atom stereocenters. The van der Waals surface area contributed by atoms with Crippen LogP contribution in [0.25, 0.3) is 0 Å². The van der Waals surface area contributed by atoms with Gasteiger partial charge in [-0.05, 0) is 13.3 Å². The second-order valence-corrected chi connectivity index (χ2v) is 3.41. The lowest BCUT2D eigenvalue weighted by Gasteiger charge is -2.09. The standard InChI is InChI=1S/C11H21N3O2/c1-3-16-9-4-5-12-11-13-6-7-14(11)8-10-15-2/h6-7H,3-5,8-10H2,1-2H3,(H,12,13). The maximum Gasteiger partial charge on any atom is 0.202 e. The number of aromatic nitrogens is 2. The van der Waals surface area contributed by atoms with Crippen molar-refractivity contribution in [3.8, 4) is 0 Å². The van der Waals surface area contributed by atoms with Gasteiger partial charge >= 0.3 is 0 Å². The van der Waals surface area contributed by atoms with Crippen molar-refractivity contribution < 1.29 is 9.47 Å². The topological polar surface area (TPSA) is 48.3 Å². The van der Waals surface area contributed by atoms with Crippen molar-refractivity contribution in [2.45, 2.75) is 19.9 Å². The van der Waals surface area contributed by atoms with Crippen molar-refractivity contribution >= 4 is 5.95 Å². The summed E-state index contributed by atoms with van der Waals surface area (Å²) in [7, 11) is 1.70. The van der Waals surface area contributed by atoms with Gasteiger partial charge in [0.25, 0.3) is 0 Å². The van der Waals surface area contributed by atoms with E-state index in [1.807, 2.05) is 17.7 Å². The Morgan fingerprint density at radius 1 is 1.44 bits per heavy atom. The van der Waals surface area contributed by atoms with Crippen LogP contribution in [-0.2, 0) is 16.0 Å². The summed E-state index contributed by atoms with van der Waals surface area (Å²) in [5.41, 5.74) is 0. The zero-order valence-electron chi connectivity index (χ0n) is 10.1. The second kappa shape index (κ2) is 8.13. The number of anilines is 1. The predicted octanol–water partition coefficient (Wildman–Crippen LogP) is 1.37. The van der Waals surface area contributed by atoms with Crippen LogP contribution in [-0.4, -0.2) is 43.0 Å². The molecule has 0 unspecified atom stereocenters. The first-order valence-electron chi connectivity index (χ1n) is 5.70. The molecular weight excluding hydrogens is 206 g/mol. The number of nitrogens with zero attached hydrogens (tertiary/aromatic N) is 2. The first-order valence-corrected chi connectivity index (χ1v) is 5.70. The fourth-order valence-electron chi connectivity index (χ4n) is 1.37. The average Bonchev–Trinajstić information content (AvgIpc) is 2.74. The highest BCUT2D eigenvalue weighted by Gasteiger charge is 2.00. The Hall–Kier alpha value is -1.07. The van der Waals surface area contributed by atoms with E-state index in [0.29, 0.717) is 6.61 Å². The molecule has 0 spiro atoms. The van der Waals surface area contributed by atoms with Gasteiger partial charge in [0.05, 0.1) is 6.61 Å². The highest BCUT2D eigenvalue weighted by molar-refractivity contribution is 5.25. The van der Waals surface area contributed by atoms with Crippen LogP contribution in [0, 0.1) is 0 Å². The first kappa shape index (κ1) is 13.0. The number of rotatable bonds is 9. The highest BCUT2D eigenvalue weighted by atomic mass is 16.5. The van der Waals surface area contributed by atoms with E-state index in [1.165, 1.54) is 0 Å². The molecule has 1 heterocycles. The zero-order valence-corrected chi connectivity index (χ0v) is 10.1. The molecule has 0 aromatic carbocycles. The Kier molecular flexibility index (Phi) is 6.60. The van der Waals surface area contributed by atoms with Gasteiger partial charge in [-0.15, -0.1) is 0 Å².